The third-order valence-electron chi connectivity index (χ3n) is 3.11. The van der Waals surface area contributed by atoms with Crippen molar-refractivity contribution < 1.29 is 4.74 Å². The summed E-state index contributed by atoms with van der Waals surface area (Å²) >= 11 is 3.42. The van der Waals surface area contributed by atoms with Gasteiger partial charge in [0.1, 0.15) is 11.6 Å². The topological polar surface area (TPSA) is 46.5 Å². The number of ether oxygens (including phenoxy) is 1. The zero-order valence-corrected chi connectivity index (χ0v) is 15.1. The van der Waals surface area contributed by atoms with Crippen LogP contribution in [0.15, 0.2) is 63.8 Å². The van der Waals surface area contributed by atoms with Gasteiger partial charge in [0.15, 0.2) is 11.6 Å². The highest BCUT2D eigenvalue weighted by Crippen LogP contribution is 2.32. The number of hydrogen-bond donors (Lipinski definition) is 1. The van der Waals surface area contributed by atoms with Crippen molar-refractivity contribution in [2.24, 2.45) is 4.99 Å². The molecule has 0 unspecified atom stereocenters. The molecular weight excluding hydrogens is 354 g/mol. The van der Waals surface area contributed by atoms with Crippen LogP contribution in [0.2, 0.25) is 0 Å². The van der Waals surface area contributed by atoms with E-state index in [1.54, 1.807) is 6.20 Å². The molecule has 1 aromatic heterocycles. The van der Waals surface area contributed by atoms with Crippen LogP contribution in [0.5, 0.6) is 11.5 Å². The standard InChI is InChI=1S/C18H20BrN3O/c1-4-15(5-2)21-13(3)22-18-17(11-14(19)12-20-18)23-16-9-7-6-8-10-16/h4,6-12H,5H2,1-3H3,(H,20,21,22)/b15-4-. The number of hydrogen-bond acceptors (Lipinski definition) is 3. The number of nitrogens with one attached hydrogen (secondary N) is 1. The Morgan fingerprint density at radius 2 is 2.09 bits per heavy atom. The Hall–Kier alpha value is -2.14. The first-order valence-electron chi connectivity index (χ1n) is 7.48. The number of aliphatic imine (C=N–C) groups is 1. The van der Waals surface area contributed by atoms with E-state index in [4.69, 9.17) is 4.74 Å². The fourth-order valence-electron chi connectivity index (χ4n) is 1.97. The van der Waals surface area contributed by atoms with Crippen LogP contribution in [0.3, 0.4) is 0 Å². The Kier molecular flexibility index (Phi) is 6.35. The molecule has 0 amide bonds. The van der Waals surface area contributed by atoms with Crippen LogP contribution in [0.4, 0.5) is 5.82 Å². The third-order valence-corrected chi connectivity index (χ3v) is 3.55. The molecule has 1 N–H and O–H groups in total. The van der Waals surface area contributed by atoms with E-state index in [1.807, 2.05) is 56.3 Å². The van der Waals surface area contributed by atoms with E-state index in [-0.39, 0.29) is 0 Å². The van der Waals surface area contributed by atoms with Gasteiger partial charge in [-0.15, -0.1) is 0 Å². The molecule has 1 aromatic carbocycles. The van der Waals surface area contributed by atoms with Crippen molar-refractivity contribution in [3.05, 3.63) is 58.8 Å². The van der Waals surface area contributed by atoms with Crippen molar-refractivity contribution in [3.63, 3.8) is 0 Å². The fraction of sp³-hybridized carbons (Fsp3) is 0.222. The average Bonchev–Trinajstić information content (AvgIpc) is 2.56. The maximum atomic E-state index is 5.91. The van der Waals surface area contributed by atoms with Crippen LogP contribution in [-0.4, -0.2) is 10.8 Å². The van der Waals surface area contributed by atoms with Gasteiger partial charge in [0.25, 0.3) is 0 Å². The largest absolute Gasteiger partial charge is 0.453 e. The van der Waals surface area contributed by atoms with Crippen LogP contribution in [0.25, 0.3) is 0 Å². The number of halogens is 1. The van der Waals surface area contributed by atoms with Gasteiger partial charge in [-0.05, 0) is 48.3 Å². The summed E-state index contributed by atoms with van der Waals surface area (Å²) in [4.78, 5) is 8.89. The molecule has 0 bridgehead atoms. The first kappa shape index (κ1) is 17.2. The minimum absolute atomic E-state index is 0.536. The lowest BCUT2D eigenvalue weighted by Crippen LogP contribution is -2.18. The number of benzene rings is 1. The normalized spacial score (nSPS) is 12.2. The third kappa shape index (κ3) is 5.21. The molecule has 120 valence electrons. The van der Waals surface area contributed by atoms with Gasteiger partial charge in [-0.3, -0.25) is 0 Å². The molecule has 5 heteroatoms. The van der Waals surface area contributed by atoms with Gasteiger partial charge in [0, 0.05) is 22.4 Å². The molecule has 0 saturated heterocycles. The van der Waals surface area contributed by atoms with Gasteiger partial charge in [0.05, 0.1) is 0 Å². The molecule has 0 aliphatic carbocycles. The Labute approximate surface area is 145 Å². The Balaban J connectivity index is 2.28. The van der Waals surface area contributed by atoms with Gasteiger partial charge in [0.2, 0.25) is 0 Å². The molecular formula is C18H20BrN3O. The molecule has 0 spiro atoms. The van der Waals surface area contributed by atoms with Crippen molar-refractivity contribution >= 4 is 27.6 Å². The summed E-state index contributed by atoms with van der Waals surface area (Å²) in [7, 11) is 0. The van der Waals surface area contributed by atoms with Crippen molar-refractivity contribution in [2.45, 2.75) is 27.2 Å². The van der Waals surface area contributed by atoms with Gasteiger partial charge >= 0.3 is 0 Å². The number of pyridine rings is 1. The SMILES string of the molecule is C/C=C(/CC)N/C(C)=N/c1ncc(Br)cc1Oc1ccccc1. The molecule has 1 heterocycles. The van der Waals surface area contributed by atoms with Crippen LogP contribution < -0.4 is 10.1 Å². The first-order valence-corrected chi connectivity index (χ1v) is 8.27. The van der Waals surface area contributed by atoms with Crippen LogP contribution in [0.1, 0.15) is 27.2 Å². The van der Waals surface area contributed by atoms with Gasteiger partial charge < -0.3 is 10.1 Å². The molecule has 0 aliphatic rings. The quantitative estimate of drug-likeness (QED) is 0.548. The highest BCUT2D eigenvalue weighted by molar-refractivity contribution is 9.10. The maximum absolute atomic E-state index is 5.91. The molecule has 0 fully saturated rings. The lowest BCUT2D eigenvalue weighted by atomic mass is 10.3. The highest BCUT2D eigenvalue weighted by atomic mass is 79.9. The van der Waals surface area contributed by atoms with E-state index < -0.39 is 0 Å². The number of allylic oxidation sites excluding steroid dienone is 2. The fourth-order valence-corrected chi connectivity index (χ4v) is 2.28. The second-order valence-corrected chi connectivity index (χ2v) is 5.80. The number of amidine groups is 1. The van der Waals surface area contributed by atoms with Gasteiger partial charge in [-0.2, -0.15) is 0 Å². The summed E-state index contributed by atoms with van der Waals surface area (Å²) < 4.78 is 6.75. The number of rotatable bonds is 5. The van der Waals surface area contributed by atoms with Crippen molar-refractivity contribution in [2.75, 3.05) is 0 Å². The molecule has 0 aliphatic heterocycles. The minimum Gasteiger partial charge on any atom is -0.453 e. The van der Waals surface area contributed by atoms with E-state index >= 15 is 0 Å². The predicted molar refractivity (Wildman–Crippen MR) is 98.4 cm³/mol. The molecule has 2 rings (SSSR count). The monoisotopic (exact) mass is 373 g/mol. The summed E-state index contributed by atoms with van der Waals surface area (Å²) in [5.41, 5.74) is 1.12. The number of para-hydroxylation sites is 1. The highest BCUT2D eigenvalue weighted by Gasteiger charge is 2.08. The zero-order chi connectivity index (χ0) is 16.7. The van der Waals surface area contributed by atoms with E-state index in [9.17, 15) is 0 Å². The van der Waals surface area contributed by atoms with Crippen molar-refractivity contribution in [1.82, 2.24) is 10.3 Å². The predicted octanol–water partition coefficient (Wildman–Crippen LogP) is 5.59. The zero-order valence-electron chi connectivity index (χ0n) is 13.5. The summed E-state index contributed by atoms with van der Waals surface area (Å²) in [5, 5.41) is 3.27. The Bertz CT molecular complexity index is 711. The average molecular weight is 374 g/mol. The Morgan fingerprint density at radius 3 is 2.74 bits per heavy atom. The molecule has 23 heavy (non-hydrogen) atoms. The summed E-state index contributed by atoms with van der Waals surface area (Å²) in [5.74, 6) is 2.66. The van der Waals surface area contributed by atoms with Crippen LogP contribution in [0, 0.1) is 0 Å². The second-order valence-electron chi connectivity index (χ2n) is 4.88. The molecule has 0 atom stereocenters. The molecule has 4 nitrogen and oxygen atoms in total. The van der Waals surface area contributed by atoms with E-state index in [1.165, 1.54) is 0 Å². The lowest BCUT2D eigenvalue weighted by molar-refractivity contribution is 0.481. The summed E-state index contributed by atoms with van der Waals surface area (Å²) in [6.07, 6.45) is 4.67. The van der Waals surface area contributed by atoms with Crippen molar-refractivity contribution in [3.8, 4) is 11.5 Å². The maximum Gasteiger partial charge on any atom is 0.197 e. The number of nitrogens with zero attached hydrogens (tertiary/aromatic N) is 2. The van der Waals surface area contributed by atoms with Gasteiger partial charge in [-0.25, -0.2) is 9.98 Å². The molecule has 0 saturated carbocycles. The lowest BCUT2D eigenvalue weighted by Gasteiger charge is -2.11. The Morgan fingerprint density at radius 1 is 1.35 bits per heavy atom. The van der Waals surface area contributed by atoms with Gasteiger partial charge in [-0.1, -0.05) is 31.2 Å². The number of aromatic nitrogens is 1. The van der Waals surface area contributed by atoms with E-state index in [0.29, 0.717) is 11.6 Å². The first-order chi connectivity index (χ1) is 11.1. The molecule has 0 radical (unpaired) electrons. The van der Waals surface area contributed by atoms with E-state index in [0.717, 1.165) is 28.2 Å². The summed E-state index contributed by atoms with van der Waals surface area (Å²) in [6.45, 7) is 6.01. The van der Waals surface area contributed by atoms with Crippen molar-refractivity contribution in [1.29, 1.82) is 0 Å². The minimum atomic E-state index is 0.536. The second kappa shape index (κ2) is 8.48. The molecule has 2 aromatic rings. The van der Waals surface area contributed by atoms with Crippen LogP contribution in [-0.2, 0) is 0 Å². The summed E-state index contributed by atoms with van der Waals surface area (Å²) in [6, 6.07) is 11.5. The van der Waals surface area contributed by atoms with Crippen LogP contribution >= 0.6 is 15.9 Å². The van der Waals surface area contributed by atoms with E-state index in [2.05, 4.69) is 38.1 Å². The smallest absolute Gasteiger partial charge is 0.197 e.